The molecule has 1 unspecified atom stereocenters. The third kappa shape index (κ3) is 10.0. The van der Waals surface area contributed by atoms with E-state index in [0.29, 0.717) is 19.8 Å². The van der Waals surface area contributed by atoms with E-state index in [9.17, 15) is 8.76 Å². The van der Waals surface area contributed by atoms with Crippen molar-refractivity contribution in [3.63, 3.8) is 0 Å². The molecule has 0 spiro atoms. The molecule has 0 bridgehead atoms. The maximum absolute atomic E-state index is 9.98. The first-order valence-corrected chi connectivity index (χ1v) is 4.73. The van der Waals surface area contributed by atoms with Gasteiger partial charge in [0.25, 0.3) is 0 Å². The van der Waals surface area contributed by atoms with Gasteiger partial charge >= 0.3 is 0 Å². The largest absolute Gasteiger partial charge is 0.772 e. The molecule has 5 heteroatoms. The molecule has 0 radical (unpaired) electrons. The molecule has 4 nitrogen and oxygen atoms in total. The van der Waals surface area contributed by atoms with Crippen molar-refractivity contribution in [2.45, 2.75) is 6.92 Å². The zero-order chi connectivity index (χ0) is 8.53. The maximum Gasteiger partial charge on any atom is 0.0700 e. The van der Waals surface area contributed by atoms with Gasteiger partial charge in [0.2, 0.25) is 0 Å². The van der Waals surface area contributed by atoms with Gasteiger partial charge in [0.05, 0.1) is 19.8 Å². The minimum Gasteiger partial charge on any atom is -0.772 e. The van der Waals surface area contributed by atoms with E-state index in [1.807, 2.05) is 6.92 Å². The van der Waals surface area contributed by atoms with Crippen molar-refractivity contribution in [2.75, 3.05) is 32.2 Å². The van der Waals surface area contributed by atoms with Crippen molar-refractivity contribution >= 4 is 11.1 Å². The average Bonchev–Trinajstić information content (AvgIpc) is 1.96. The second-order valence-electron chi connectivity index (χ2n) is 1.82. The Bertz CT molecular complexity index is 107. The van der Waals surface area contributed by atoms with Crippen LogP contribution in [-0.2, 0) is 20.6 Å². The first kappa shape index (κ1) is 11.0. The minimum absolute atomic E-state index is 0.0616. The van der Waals surface area contributed by atoms with Gasteiger partial charge < -0.3 is 14.0 Å². The van der Waals surface area contributed by atoms with Crippen LogP contribution in [-0.4, -0.2) is 40.9 Å². The van der Waals surface area contributed by atoms with Crippen LogP contribution >= 0.6 is 0 Å². The topological polar surface area (TPSA) is 58.6 Å². The Morgan fingerprint density at radius 1 is 1.27 bits per heavy atom. The van der Waals surface area contributed by atoms with Crippen LogP contribution in [0.2, 0.25) is 0 Å². The van der Waals surface area contributed by atoms with Crippen LogP contribution in [0.25, 0.3) is 0 Å². The van der Waals surface area contributed by atoms with Crippen LogP contribution in [0.5, 0.6) is 0 Å². The normalized spacial score (nSPS) is 13.3. The molecule has 0 amide bonds. The predicted molar refractivity (Wildman–Crippen MR) is 41.1 cm³/mol. The fourth-order valence-corrected chi connectivity index (χ4v) is 0.745. The summed E-state index contributed by atoms with van der Waals surface area (Å²) in [6.45, 7) is 3.81. The lowest BCUT2D eigenvalue weighted by molar-refractivity contribution is 0.0589. The first-order valence-electron chi connectivity index (χ1n) is 3.48. The summed E-state index contributed by atoms with van der Waals surface area (Å²) in [7, 11) is 0. The zero-order valence-electron chi connectivity index (χ0n) is 6.58. The summed E-state index contributed by atoms with van der Waals surface area (Å²) < 4.78 is 29.8. The lowest BCUT2D eigenvalue weighted by Gasteiger charge is -2.05. The highest BCUT2D eigenvalue weighted by Gasteiger charge is 1.87. The van der Waals surface area contributed by atoms with Crippen LogP contribution in [0.4, 0.5) is 0 Å². The number of rotatable bonds is 7. The highest BCUT2D eigenvalue weighted by Crippen LogP contribution is 1.80. The van der Waals surface area contributed by atoms with Crippen molar-refractivity contribution in [1.82, 2.24) is 0 Å². The fraction of sp³-hybridized carbons (Fsp3) is 1.00. The molecule has 0 rings (SSSR count). The van der Waals surface area contributed by atoms with E-state index in [1.54, 1.807) is 0 Å². The summed E-state index contributed by atoms with van der Waals surface area (Å²) in [5.74, 6) is 0.0616. The molecule has 0 aliphatic rings. The molecule has 1 atom stereocenters. The molecule has 11 heavy (non-hydrogen) atoms. The summed E-state index contributed by atoms with van der Waals surface area (Å²) in [6.07, 6.45) is 0. The van der Waals surface area contributed by atoms with E-state index < -0.39 is 11.1 Å². The van der Waals surface area contributed by atoms with Crippen LogP contribution < -0.4 is 0 Å². The van der Waals surface area contributed by atoms with E-state index in [0.717, 1.165) is 0 Å². The summed E-state index contributed by atoms with van der Waals surface area (Å²) in [5, 5.41) is 0. The Morgan fingerprint density at radius 3 is 2.45 bits per heavy atom. The Kier molecular flexibility index (Phi) is 8.15. The Hall–Kier alpha value is 0.0300. The summed E-state index contributed by atoms with van der Waals surface area (Å²) in [5.41, 5.74) is 0. The monoisotopic (exact) mass is 181 g/mol. The molecule has 68 valence electrons. The maximum atomic E-state index is 9.98. The van der Waals surface area contributed by atoms with E-state index in [4.69, 9.17) is 9.47 Å². The van der Waals surface area contributed by atoms with Gasteiger partial charge in [-0.3, -0.25) is 4.21 Å². The quantitative estimate of drug-likeness (QED) is 0.407. The smallest absolute Gasteiger partial charge is 0.0700 e. The third-order valence-electron chi connectivity index (χ3n) is 0.970. The van der Waals surface area contributed by atoms with Gasteiger partial charge in [-0.25, -0.2) is 0 Å². The Morgan fingerprint density at radius 2 is 1.91 bits per heavy atom. The third-order valence-corrected chi connectivity index (χ3v) is 1.47. The molecule has 0 aromatic carbocycles. The van der Waals surface area contributed by atoms with Crippen molar-refractivity contribution in [3.05, 3.63) is 0 Å². The summed E-state index contributed by atoms with van der Waals surface area (Å²) in [4.78, 5) is 0. The molecule has 0 aliphatic heterocycles. The van der Waals surface area contributed by atoms with Gasteiger partial charge in [-0.2, -0.15) is 0 Å². The van der Waals surface area contributed by atoms with Crippen LogP contribution in [0.15, 0.2) is 0 Å². The molecule has 0 saturated heterocycles. The lowest BCUT2D eigenvalue weighted by atomic mass is 10.7. The van der Waals surface area contributed by atoms with E-state index in [-0.39, 0.29) is 12.4 Å². The highest BCUT2D eigenvalue weighted by molar-refractivity contribution is 7.79. The second kappa shape index (κ2) is 8.13. The first-order chi connectivity index (χ1) is 5.27. The Labute approximate surface area is 69.2 Å². The molecule has 0 aromatic heterocycles. The van der Waals surface area contributed by atoms with Gasteiger partial charge in [0, 0.05) is 12.4 Å². The molecule has 0 aromatic rings. The van der Waals surface area contributed by atoms with Crippen LogP contribution in [0, 0.1) is 0 Å². The summed E-state index contributed by atoms with van der Waals surface area (Å²) >= 11 is -1.99. The van der Waals surface area contributed by atoms with E-state index in [2.05, 4.69) is 0 Å². The van der Waals surface area contributed by atoms with Crippen molar-refractivity contribution < 1.29 is 18.2 Å². The molecule has 0 fully saturated rings. The summed E-state index contributed by atoms with van der Waals surface area (Å²) in [6, 6.07) is 0. The lowest BCUT2D eigenvalue weighted by Crippen LogP contribution is -2.09. The standard InChI is InChI=1S/C6H14O4S/c1-2-9-3-4-10-5-6-11(7)8/h2-6H2,1H3,(H,7,8)/p-1. The van der Waals surface area contributed by atoms with Crippen molar-refractivity contribution in [2.24, 2.45) is 0 Å². The van der Waals surface area contributed by atoms with Crippen molar-refractivity contribution in [1.29, 1.82) is 0 Å². The average molecular weight is 181 g/mol. The highest BCUT2D eigenvalue weighted by atomic mass is 32.2. The molecule has 0 N–H and O–H groups in total. The molecule has 0 aliphatic carbocycles. The van der Waals surface area contributed by atoms with E-state index in [1.165, 1.54) is 0 Å². The predicted octanol–water partition coefficient (Wildman–Crippen LogP) is -0.0814. The molecular formula is C6H13O4S-. The molecular weight excluding hydrogens is 168 g/mol. The number of hydrogen-bond donors (Lipinski definition) is 0. The Balaban J connectivity index is 2.85. The van der Waals surface area contributed by atoms with Crippen molar-refractivity contribution in [3.8, 4) is 0 Å². The number of ether oxygens (including phenoxy) is 2. The van der Waals surface area contributed by atoms with Gasteiger partial charge in [-0.05, 0) is 6.92 Å². The van der Waals surface area contributed by atoms with E-state index >= 15 is 0 Å². The molecule has 0 heterocycles. The second-order valence-corrected chi connectivity index (χ2v) is 2.83. The number of hydrogen-bond acceptors (Lipinski definition) is 4. The zero-order valence-corrected chi connectivity index (χ0v) is 7.39. The SMILES string of the molecule is CCOCCOCCS(=O)[O-]. The van der Waals surface area contributed by atoms with Gasteiger partial charge in [-0.15, -0.1) is 0 Å². The van der Waals surface area contributed by atoms with Crippen LogP contribution in [0.3, 0.4) is 0 Å². The van der Waals surface area contributed by atoms with Crippen LogP contribution in [0.1, 0.15) is 6.92 Å². The van der Waals surface area contributed by atoms with Gasteiger partial charge in [0.15, 0.2) is 0 Å². The minimum atomic E-state index is -1.99. The van der Waals surface area contributed by atoms with Gasteiger partial charge in [0.1, 0.15) is 0 Å². The molecule has 0 saturated carbocycles. The fourth-order valence-electron chi connectivity index (χ4n) is 0.491. The van der Waals surface area contributed by atoms with Gasteiger partial charge in [-0.1, -0.05) is 11.1 Å².